The molecular weight excluding hydrogens is 276 g/mol. The van der Waals surface area contributed by atoms with Gasteiger partial charge >= 0.3 is 0 Å². The highest BCUT2D eigenvalue weighted by atomic mass is 35.5. The highest BCUT2D eigenvalue weighted by Gasteiger charge is 2.10. The molecular formula is C13H21ClN6. The quantitative estimate of drug-likeness (QED) is 0.567. The number of hydrazine groups is 1. The minimum absolute atomic E-state index is 0. The standard InChI is InChI=1S/C13H20N6.ClH/c14-12(16-11-7-3-1-4-8-11)17-13(15)18-19-9-5-2-6-10-19;/h1,3-4,7-8H,2,5-6,9-10H2,(H5,14,15,16,17,18);1H. The van der Waals surface area contributed by atoms with Gasteiger partial charge in [-0.1, -0.05) is 24.6 Å². The van der Waals surface area contributed by atoms with Crippen molar-refractivity contribution in [3.63, 3.8) is 0 Å². The second-order valence-corrected chi connectivity index (χ2v) is 4.46. The number of nitrogens with two attached hydrogens (primary N) is 2. The Kier molecular flexibility index (Phi) is 6.83. The molecule has 2 rings (SSSR count). The normalized spacial score (nSPS) is 17.4. The summed E-state index contributed by atoms with van der Waals surface area (Å²) in [6.07, 6.45) is 3.62. The minimum atomic E-state index is 0. The molecule has 0 radical (unpaired) electrons. The molecule has 1 heterocycles. The highest BCUT2D eigenvalue weighted by Crippen LogP contribution is 2.09. The first kappa shape index (κ1) is 16.3. The second-order valence-electron chi connectivity index (χ2n) is 4.46. The molecule has 5 N–H and O–H groups in total. The number of guanidine groups is 2. The van der Waals surface area contributed by atoms with Crippen LogP contribution in [0.25, 0.3) is 0 Å². The van der Waals surface area contributed by atoms with Crippen LogP contribution < -0.4 is 16.9 Å². The van der Waals surface area contributed by atoms with Crippen LogP contribution in [-0.4, -0.2) is 30.0 Å². The van der Waals surface area contributed by atoms with Crippen molar-refractivity contribution in [3.05, 3.63) is 30.3 Å². The van der Waals surface area contributed by atoms with Gasteiger partial charge in [0.25, 0.3) is 0 Å². The lowest BCUT2D eigenvalue weighted by Gasteiger charge is -2.27. The fourth-order valence-corrected chi connectivity index (χ4v) is 1.98. The summed E-state index contributed by atoms with van der Waals surface area (Å²) in [7, 11) is 0. The number of nitrogens with one attached hydrogen (secondary N) is 1. The molecule has 1 aliphatic heterocycles. The Balaban J connectivity index is 0.00000200. The topological polar surface area (TPSA) is 92.0 Å². The van der Waals surface area contributed by atoms with Crippen molar-refractivity contribution in [3.8, 4) is 0 Å². The van der Waals surface area contributed by atoms with Gasteiger partial charge in [-0.25, -0.2) is 10.0 Å². The number of benzene rings is 1. The lowest BCUT2D eigenvalue weighted by molar-refractivity contribution is 0.194. The molecule has 0 aromatic heterocycles. The average Bonchev–Trinajstić information content (AvgIpc) is 2.40. The van der Waals surface area contributed by atoms with Crippen LogP contribution in [0.1, 0.15) is 19.3 Å². The Labute approximate surface area is 125 Å². The Hall–Kier alpha value is -1.79. The van der Waals surface area contributed by atoms with Gasteiger partial charge in [-0.3, -0.25) is 5.43 Å². The molecule has 0 bridgehead atoms. The van der Waals surface area contributed by atoms with Crippen molar-refractivity contribution >= 4 is 30.0 Å². The summed E-state index contributed by atoms with van der Waals surface area (Å²) in [5.41, 5.74) is 15.3. The third-order valence-corrected chi connectivity index (χ3v) is 2.86. The molecule has 1 fully saturated rings. The smallest absolute Gasteiger partial charge is 0.223 e. The molecule has 0 spiro atoms. The predicted octanol–water partition coefficient (Wildman–Crippen LogP) is 1.36. The zero-order valence-electron chi connectivity index (χ0n) is 11.3. The molecule has 1 saturated heterocycles. The van der Waals surface area contributed by atoms with Crippen LogP contribution in [-0.2, 0) is 0 Å². The fourth-order valence-electron chi connectivity index (χ4n) is 1.98. The van der Waals surface area contributed by atoms with Crippen LogP contribution >= 0.6 is 12.4 Å². The number of aliphatic imine (C=N–C) groups is 2. The van der Waals surface area contributed by atoms with E-state index in [-0.39, 0.29) is 24.3 Å². The molecule has 0 amide bonds. The van der Waals surface area contributed by atoms with Crippen molar-refractivity contribution in [1.82, 2.24) is 10.4 Å². The maximum absolute atomic E-state index is 5.80. The first-order chi connectivity index (χ1) is 9.24. The molecule has 1 aromatic carbocycles. The van der Waals surface area contributed by atoms with Crippen molar-refractivity contribution in [2.75, 3.05) is 13.1 Å². The van der Waals surface area contributed by atoms with Gasteiger partial charge in [-0.2, -0.15) is 4.99 Å². The van der Waals surface area contributed by atoms with Crippen LogP contribution in [0.4, 0.5) is 5.69 Å². The fraction of sp³-hybridized carbons (Fsp3) is 0.385. The van der Waals surface area contributed by atoms with E-state index in [2.05, 4.69) is 20.4 Å². The number of para-hydroxylation sites is 1. The molecule has 0 aliphatic carbocycles. The minimum Gasteiger partial charge on any atom is -0.368 e. The van der Waals surface area contributed by atoms with E-state index in [0.717, 1.165) is 18.8 Å². The Morgan fingerprint density at radius 3 is 2.35 bits per heavy atom. The highest BCUT2D eigenvalue weighted by molar-refractivity contribution is 5.94. The van der Waals surface area contributed by atoms with Gasteiger partial charge in [-0.05, 0) is 25.0 Å². The van der Waals surface area contributed by atoms with E-state index in [1.54, 1.807) is 0 Å². The largest absolute Gasteiger partial charge is 0.368 e. The Bertz CT molecular complexity index is 453. The molecule has 1 aromatic rings. The number of rotatable bonds is 2. The van der Waals surface area contributed by atoms with Gasteiger partial charge in [-0.15, -0.1) is 12.4 Å². The maximum Gasteiger partial charge on any atom is 0.223 e. The van der Waals surface area contributed by atoms with E-state index < -0.39 is 0 Å². The van der Waals surface area contributed by atoms with E-state index in [4.69, 9.17) is 11.5 Å². The first-order valence-electron chi connectivity index (χ1n) is 6.49. The summed E-state index contributed by atoms with van der Waals surface area (Å²) in [4.78, 5) is 8.20. The lowest BCUT2D eigenvalue weighted by atomic mass is 10.2. The van der Waals surface area contributed by atoms with Crippen molar-refractivity contribution in [2.45, 2.75) is 19.3 Å². The summed E-state index contributed by atoms with van der Waals surface area (Å²) < 4.78 is 0. The van der Waals surface area contributed by atoms with Gasteiger partial charge in [0.15, 0.2) is 0 Å². The Morgan fingerprint density at radius 1 is 1.05 bits per heavy atom. The van der Waals surface area contributed by atoms with Crippen LogP contribution in [0, 0.1) is 0 Å². The molecule has 110 valence electrons. The molecule has 0 saturated carbocycles. The van der Waals surface area contributed by atoms with E-state index in [1.165, 1.54) is 19.3 Å². The molecule has 6 nitrogen and oxygen atoms in total. The number of piperidine rings is 1. The predicted molar refractivity (Wildman–Crippen MR) is 85.2 cm³/mol. The van der Waals surface area contributed by atoms with Crippen molar-refractivity contribution < 1.29 is 0 Å². The van der Waals surface area contributed by atoms with Gasteiger partial charge in [0.05, 0.1) is 5.69 Å². The molecule has 0 unspecified atom stereocenters. The van der Waals surface area contributed by atoms with E-state index in [1.807, 2.05) is 30.3 Å². The molecule has 0 atom stereocenters. The van der Waals surface area contributed by atoms with E-state index in [0.29, 0.717) is 0 Å². The third kappa shape index (κ3) is 5.46. The SMILES string of the molecule is Cl.NC(=Nc1ccccc1)N=C(N)NN1CCCCC1. The average molecular weight is 297 g/mol. The summed E-state index contributed by atoms with van der Waals surface area (Å²) in [6, 6.07) is 9.42. The number of halogens is 1. The van der Waals surface area contributed by atoms with Crippen molar-refractivity contribution in [2.24, 2.45) is 21.5 Å². The van der Waals surface area contributed by atoms with Gasteiger partial charge in [0, 0.05) is 13.1 Å². The monoisotopic (exact) mass is 296 g/mol. The van der Waals surface area contributed by atoms with E-state index in [9.17, 15) is 0 Å². The van der Waals surface area contributed by atoms with Crippen LogP contribution in [0.15, 0.2) is 40.3 Å². The van der Waals surface area contributed by atoms with Crippen LogP contribution in [0.5, 0.6) is 0 Å². The summed E-state index contributed by atoms with van der Waals surface area (Å²) >= 11 is 0. The zero-order chi connectivity index (χ0) is 13.5. The number of nitrogens with zero attached hydrogens (tertiary/aromatic N) is 3. The van der Waals surface area contributed by atoms with Crippen LogP contribution in [0.3, 0.4) is 0 Å². The number of hydrogen-bond acceptors (Lipinski definition) is 2. The molecule has 7 heteroatoms. The van der Waals surface area contributed by atoms with Gasteiger partial charge < -0.3 is 11.5 Å². The maximum atomic E-state index is 5.80. The number of hydrogen-bond donors (Lipinski definition) is 3. The van der Waals surface area contributed by atoms with E-state index >= 15 is 0 Å². The summed E-state index contributed by atoms with van der Waals surface area (Å²) in [5.74, 6) is 0.423. The van der Waals surface area contributed by atoms with Gasteiger partial charge in [0.1, 0.15) is 0 Å². The Morgan fingerprint density at radius 2 is 1.70 bits per heavy atom. The first-order valence-corrected chi connectivity index (χ1v) is 6.49. The zero-order valence-corrected chi connectivity index (χ0v) is 12.1. The lowest BCUT2D eigenvalue weighted by Crippen LogP contribution is -2.48. The summed E-state index contributed by atoms with van der Waals surface area (Å²) in [5, 5.41) is 2.05. The van der Waals surface area contributed by atoms with Crippen LogP contribution in [0.2, 0.25) is 0 Å². The second kappa shape index (κ2) is 8.39. The van der Waals surface area contributed by atoms with Gasteiger partial charge in [0.2, 0.25) is 11.9 Å². The molecule has 20 heavy (non-hydrogen) atoms. The van der Waals surface area contributed by atoms with Crippen molar-refractivity contribution in [1.29, 1.82) is 0 Å². The summed E-state index contributed by atoms with van der Waals surface area (Å²) in [6.45, 7) is 1.96. The third-order valence-electron chi connectivity index (χ3n) is 2.86. The molecule has 1 aliphatic rings.